The Balaban J connectivity index is 0.000000606. The Labute approximate surface area is 182 Å². The van der Waals surface area contributed by atoms with E-state index >= 15 is 0 Å². The normalized spacial score (nSPS) is 21.3. The first-order valence-corrected chi connectivity index (χ1v) is 12.2. The van der Waals surface area contributed by atoms with E-state index in [1.807, 2.05) is 52.0 Å². The van der Waals surface area contributed by atoms with Crippen LogP contribution in [0.25, 0.3) is 4.91 Å². The van der Waals surface area contributed by atoms with Gasteiger partial charge in [-0.25, -0.2) is 4.21 Å². The minimum Gasteiger partial charge on any atom is -0.486 e. The number of carbonyl (C=O) groups excluding carboxylic acids is 1. The molecule has 2 aromatic carbocycles. The van der Waals surface area contributed by atoms with Crippen LogP contribution >= 0.6 is 0 Å². The first-order chi connectivity index (χ1) is 14.7. The smallest absolute Gasteiger partial charge is 0.257 e. The van der Waals surface area contributed by atoms with E-state index in [9.17, 15) is 9.00 Å². The maximum atomic E-state index is 11.9. The van der Waals surface area contributed by atoms with Gasteiger partial charge in [0.2, 0.25) is 0 Å². The van der Waals surface area contributed by atoms with Crippen molar-refractivity contribution in [2.45, 2.75) is 65.4 Å². The van der Waals surface area contributed by atoms with E-state index in [2.05, 4.69) is 22.9 Å². The number of fused-ring (bicyclic) bond motifs is 1. The van der Waals surface area contributed by atoms with Crippen molar-refractivity contribution in [3.05, 3.63) is 70.8 Å². The fourth-order valence-electron chi connectivity index (χ4n) is 3.94. The Morgan fingerprint density at radius 3 is 2.20 bits per heavy atom. The molecule has 1 N–H and O–H groups in total. The second-order valence-corrected chi connectivity index (χ2v) is 8.28. The monoisotopic (exact) mass is 425 g/mol. The summed E-state index contributed by atoms with van der Waals surface area (Å²) in [5, 5.41) is 0. The highest BCUT2D eigenvalue weighted by atomic mass is 32.2. The molecule has 0 bridgehead atoms. The van der Waals surface area contributed by atoms with Crippen molar-refractivity contribution in [3.63, 3.8) is 0 Å². The van der Waals surface area contributed by atoms with Crippen molar-refractivity contribution >= 4 is 21.8 Å². The minimum atomic E-state index is -1.46. The van der Waals surface area contributed by atoms with Gasteiger partial charge in [-0.3, -0.25) is 9.52 Å². The summed E-state index contributed by atoms with van der Waals surface area (Å²) in [6.07, 6.45) is 6.21. The molecule has 1 heterocycles. The fraction of sp³-hybridized carbons (Fsp3) is 0.400. The van der Waals surface area contributed by atoms with Gasteiger partial charge < -0.3 is 4.74 Å². The third-order valence-corrected chi connectivity index (χ3v) is 6.48. The predicted molar refractivity (Wildman–Crippen MR) is 124 cm³/mol. The van der Waals surface area contributed by atoms with Gasteiger partial charge in [0, 0.05) is 6.08 Å². The van der Waals surface area contributed by atoms with E-state index in [1.54, 1.807) is 0 Å². The van der Waals surface area contributed by atoms with Gasteiger partial charge in [0.05, 0.1) is 4.91 Å². The van der Waals surface area contributed by atoms with Crippen LogP contribution in [0.5, 0.6) is 5.75 Å². The zero-order chi connectivity index (χ0) is 21.7. The molecule has 30 heavy (non-hydrogen) atoms. The summed E-state index contributed by atoms with van der Waals surface area (Å²) in [4.78, 5) is 11.8. The zero-order valence-electron chi connectivity index (χ0n) is 18.2. The number of benzene rings is 2. The molecule has 2 atom stereocenters. The van der Waals surface area contributed by atoms with Crippen LogP contribution in [-0.2, 0) is 22.2 Å². The number of ether oxygens (including phenoxy) is 1. The molecular formula is C25H31NO3S. The second-order valence-electron chi connectivity index (χ2n) is 7.10. The third kappa shape index (κ3) is 4.67. The Kier molecular flexibility index (Phi) is 7.48. The average Bonchev–Trinajstić information content (AvgIpc) is 3.47. The third-order valence-electron chi connectivity index (χ3n) is 5.34. The molecule has 5 rings (SSSR count). The van der Waals surface area contributed by atoms with E-state index in [0.717, 1.165) is 30.1 Å². The Morgan fingerprint density at radius 2 is 1.60 bits per heavy atom. The van der Waals surface area contributed by atoms with E-state index in [1.165, 1.54) is 35.6 Å². The van der Waals surface area contributed by atoms with Crippen LogP contribution in [0.4, 0.5) is 0 Å². The number of hydrogen-bond acceptors (Lipinski definition) is 3. The molecule has 0 spiro atoms. The largest absolute Gasteiger partial charge is 0.486 e. The van der Waals surface area contributed by atoms with Gasteiger partial charge in [0.15, 0.2) is 11.0 Å². The SMILES string of the molecule is CC.CC.O=C1C=C(c2ccc(OC3CCc4c(C5CC5)cccc43)cc2)S(=O)N1. The van der Waals surface area contributed by atoms with Gasteiger partial charge in [-0.15, -0.1) is 0 Å². The van der Waals surface area contributed by atoms with Crippen LogP contribution in [0.1, 0.15) is 81.2 Å². The summed E-state index contributed by atoms with van der Waals surface area (Å²) < 4.78 is 20.5. The number of rotatable bonds is 4. The quantitative estimate of drug-likeness (QED) is 0.672. The number of amides is 1. The first kappa shape index (κ1) is 22.3. The van der Waals surface area contributed by atoms with Gasteiger partial charge in [0.25, 0.3) is 5.91 Å². The van der Waals surface area contributed by atoms with Crippen LogP contribution in [0.2, 0.25) is 0 Å². The van der Waals surface area contributed by atoms with Gasteiger partial charge in [-0.05, 0) is 66.0 Å². The van der Waals surface area contributed by atoms with Crippen molar-refractivity contribution in [2.24, 2.45) is 0 Å². The molecular weight excluding hydrogens is 394 g/mol. The molecule has 0 aromatic heterocycles. The van der Waals surface area contributed by atoms with E-state index in [0.29, 0.717) is 4.91 Å². The van der Waals surface area contributed by atoms with Crippen molar-refractivity contribution in [1.82, 2.24) is 4.72 Å². The van der Waals surface area contributed by atoms with Crippen LogP contribution in [-0.4, -0.2) is 10.1 Å². The van der Waals surface area contributed by atoms with Crippen molar-refractivity contribution in [2.75, 3.05) is 0 Å². The topological polar surface area (TPSA) is 55.4 Å². The second kappa shape index (κ2) is 10.1. The molecule has 160 valence electrons. The van der Waals surface area contributed by atoms with Gasteiger partial charge >= 0.3 is 0 Å². The molecule has 2 aliphatic carbocycles. The molecule has 1 amide bonds. The lowest BCUT2D eigenvalue weighted by atomic mass is 9.99. The lowest BCUT2D eigenvalue weighted by Gasteiger charge is -2.16. The maximum Gasteiger partial charge on any atom is 0.257 e. The van der Waals surface area contributed by atoms with Crippen LogP contribution in [0, 0.1) is 0 Å². The highest BCUT2D eigenvalue weighted by Crippen LogP contribution is 2.46. The predicted octanol–water partition coefficient (Wildman–Crippen LogP) is 5.82. The molecule has 5 heteroatoms. The first-order valence-electron chi connectivity index (χ1n) is 11.0. The van der Waals surface area contributed by atoms with Gasteiger partial charge in [0.1, 0.15) is 11.9 Å². The summed E-state index contributed by atoms with van der Waals surface area (Å²) in [5.41, 5.74) is 5.12. The minimum absolute atomic E-state index is 0.0950. The Morgan fingerprint density at radius 1 is 0.933 bits per heavy atom. The van der Waals surface area contributed by atoms with Crippen LogP contribution in [0.15, 0.2) is 48.5 Å². The molecule has 2 unspecified atom stereocenters. The average molecular weight is 426 g/mol. The maximum absolute atomic E-state index is 11.9. The molecule has 0 radical (unpaired) electrons. The molecule has 0 saturated heterocycles. The summed E-state index contributed by atoms with van der Waals surface area (Å²) in [6, 6.07) is 14.1. The fourth-order valence-corrected chi connectivity index (χ4v) is 4.86. The van der Waals surface area contributed by atoms with Gasteiger partial charge in [-0.1, -0.05) is 58.0 Å². The molecule has 4 nitrogen and oxygen atoms in total. The molecule has 2 aromatic rings. The lowest BCUT2D eigenvalue weighted by Crippen LogP contribution is -2.16. The van der Waals surface area contributed by atoms with E-state index < -0.39 is 11.0 Å². The molecule has 1 fully saturated rings. The summed E-state index contributed by atoms with van der Waals surface area (Å²) in [6.45, 7) is 8.00. The van der Waals surface area contributed by atoms with Crippen LogP contribution < -0.4 is 9.46 Å². The zero-order valence-corrected chi connectivity index (χ0v) is 19.1. The Hall–Kier alpha value is -2.40. The Bertz CT molecular complexity index is 945. The van der Waals surface area contributed by atoms with E-state index in [4.69, 9.17) is 4.74 Å². The highest BCUT2D eigenvalue weighted by molar-refractivity contribution is 7.93. The lowest BCUT2D eigenvalue weighted by molar-refractivity contribution is -0.114. The summed E-state index contributed by atoms with van der Waals surface area (Å²) in [5.74, 6) is 1.25. The highest BCUT2D eigenvalue weighted by Gasteiger charge is 2.32. The van der Waals surface area contributed by atoms with Gasteiger partial charge in [-0.2, -0.15) is 0 Å². The number of nitrogens with one attached hydrogen (secondary N) is 1. The van der Waals surface area contributed by atoms with Crippen molar-refractivity contribution in [1.29, 1.82) is 0 Å². The van der Waals surface area contributed by atoms with Crippen LogP contribution in [0.3, 0.4) is 0 Å². The van der Waals surface area contributed by atoms with Crippen molar-refractivity contribution < 1.29 is 13.7 Å². The van der Waals surface area contributed by atoms with E-state index in [-0.39, 0.29) is 12.0 Å². The summed E-state index contributed by atoms with van der Waals surface area (Å²) in [7, 11) is -1.46. The number of carbonyl (C=O) groups is 1. The van der Waals surface area contributed by atoms with Crippen molar-refractivity contribution in [3.8, 4) is 5.75 Å². The molecule has 1 saturated carbocycles. The molecule has 3 aliphatic rings. The number of hydrogen-bond donors (Lipinski definition) is 1. The molecule has 1 aliphatic heterocycles. The standard InChI is InChI=1S/C21H19NO3S.2C2H6/c23-21-12-20(26(24)22-21)14-6-8-15(9-7-14)25-19-11-10-17-16(13-4-5-13)2-1-3-18(17)19;2*1-2/h1-3,6-9,12-13,19H,4-5,10-11H2,(H,22,23);2*1-2H3. The summed E-state index contributed by atoms with van der Waals surface area (Å²) >= 11 is 0.